The second-order valence-corrected chi connectivity index (χ2v) is 11.5. The predicted molar refractivity (Wildman–Crippen MR) is 170 cm³/mol. The first-order valence-corrected chi connectivity index (χ1v) is 14.4. The highest BCUT2D eigenvalue weighted by atomic mass is 32.1. The zero-order valence-corrected chi connectivity index (χ0v) is 24.3. The lowest BCUT2D eigenvalue weighted by Crippen LogP contribution is -2.34. The van der Waals surface area contributed by atoms with Crippen LogP contribution in [0.5, 0.6) is 11.5 Å². The van der Waals surface area contributed by atoms with Gasteiger partial charge in [0.1, 0.15) is 11.5 Å². The maximum atomic E-state index is 13.4. The van der Waals surface area contributed by atoms with Gasteiger partial charge in [-0.3, -0.25) is 0 Å². The number of thiol groups is 1. The molecule has 42 heavy (non-hydrogen) atoms. The molecule has 5 aromatic carbocycles. The minimum absolute atomic E-state index is 0.340. The summed E-state index contributed by atoms with van der Waals surface area (Å²) in [6.07, 6.45) is 0. The molecule has 1 unspecified atom stereocenters. The topological polar surface area (TPSA) is 42.0 Å². The summed E-state index contributed by atoms with van der Waals surface area (Å²) in [6.45, 7) is 3.54. The van der Waals surface area contributed by atoms with E-state index in [1.54, 1.807) is 4.31 Å². The van der Waals surface area contributed by atoms with Crippen LogP contribution < -0.4 is 13.9 Å². The molecule has 2 aliphatic rings. The van der Waals surface area contributed by atoms with E-state index in [4.69, 9.17) is 9.47 Å². The maximum absolute atomic E-state index is 13.4. The Bertz CT molecular complexity index is 1760. The van der Waals surface area contributed by atoms with Crippen molar-refractivity contribution in [2.45, 2.75) is 25.6 Å². The fourth-order valence-corrected chi connectivity index (χ4v) is 6.30. The molecular formula is C36H30N2O3S. The van der Waals surface area contributed by atoms with Crippen LogP contribution in [-0.2, 0) is 23.4 Å². The summed E-state index contributed by atoms with van der Waals surface area (Å²) in [5, 5.41) is 0. The van der Waals surface area contributed by atoms with Crippen molar-refractivity contribution in [3.8, 4) is 11.5 Å². The van der Waals surface area contributed by atoms with Gasteiger partial charge in [0, 0.05) is 48.6 Å². The van der Waals surface area contributed by atoms with Gasteiger partial charge in [-0.15, -0.1) is 0 Å². The molecule has 208 valence electrons. The summed E-state index contributed by atoms with van der Waals surface area (Å²) < 4.78 is 14.8. The molecule has 0 aliphatic carbocycles. The lowest BCUT2D eigenvalue weighted by molar-refractivity contribution is 0.0224. The number of benzene rings is 5. The van der Waals surface area contributed by atoms with E-state index in [1.807, 2.05) is 61.6 Å². The third-order valence-electron chi connectivity index (χ3n) is 8.16. The Balaban J connectivity index is 1.44. The molecule has 0 N–H and O–H groups in total. The van der Waals surface area contributed by atoms with Gasteiger partial charge in [0.05, 0.1) is 11.3 Å². The van der Waals surface area contributed by atoms with Gasteiger partial charge in [0.2, 0.25) is 0 Å². The van der Waals surface area contributed by atoms with Crippen LogP contribution >= 0.6 is 12.8 Å². The average molecular weight is 571 g/mol. The van der Waals surface area contributed by atoms with Crippen molar-refractivity contribution < 1.29 is 14.3 Å². The van der Waals surface area contributed by atoms with Crippen molar-refractivity contribution in [3.05, 3.63) is 154 Å². The number of carbonyl (C=O) groups is 1. The normalized spacial score (nSPS) is 16.2. The minimum Gasteiger partial charge on any atom is -0.456 e. The number of aryl methyl sites for hydroxylation is 1. The van der Waals surface area contributed by atoms with Crippen LogP contribution in [0.4, 0.5) is 11.4 Å². The molecule has 0 bridgehead atoms. The number of hydrogen-bond donors (Lipinski definition) is 1. The van der Waals surface area contributed by atoms with Crippen LogP contribution in [0.15, 0.2) is 115 Å². The number of nitrogens with zero attached hydrogens (tertiary/aromatic N) is 2. The number of carbonyl (C=O) groups excluding carboxylic acids is 1. The van der Waals surface area contributed by atoms with E-state index in [2.05, 4.69) is 85.3 Å². The highest BCUT2D eigenvalue weighted by molar-refractivity contribution is 7.81. The van der Waals surface area contributed by atoms with E-state index in [9.17, 15) is 4.79 Å². The van der Waals surface area contributed by atoms with Crippen LogP contribution in [0, 0.1) is 6.92 Å². The molecular weight excluding hydrogens is 540 g/mol. The van der Waals surface area contributed by atoms with Gasteiger partial charge in [-0.1, -0.05) is 91.7 Å². The molecule has 1 spiro atoms. The first-order valence-electron chi connectivity index (χ1n) is 14.0. The van der Waals surface area contributed by atoms with Gasteiger partial charge in [-0.05, 0) is 53.9 Å². The molecule has 0 saturated heterocycles. The summed E-state index contributed by atoms with van der Waals surface area (Å²) in [5.74, 6) is 0.974. The first kappa shape index (κ1) is 26.2. The smallest absolute Gasteiger partial charge is 0.340 e. The van der Waals surface area contributed by atoms with Gasteiger partial charge in [-0.25, -0.2) is 4.79 Å². The molecule has 0 amide bonds. The summed E-state index contributed by atoms with van der Waals surface area (Å²) in [6, 6.07) is 38.8. The molecule has 7 rings (SSSR count). The van der Waals surface area contributed by atoms with Crippen LogP contribution in [-0.4, -0.2) is 13.0 Å². The molecule has 0 saturated carbocycles. The zero-order valence-electron chi connectivity index (χ0n) is 23.5. The zero-order chi connectivity index (χ0) is 28.8. The molecule has 6 heteroatoms. The molecule has 1 atom stereocenters. The minimum atomic E-state index is -1.14. The summed E-state index contributed by atoms with van der Waals surface area (Å²) >= 11 is 4.49. The van der Waals surface area contributed by atoms with E-state index in [1.165, 1.54) is 11.1 Å². The van der Waals surface area contributed by atoms with Gasteiger partial charge < -0.3 is 18.7 Å². The number of hydrogen-bond acceptors (Lipinski definition) is 6. The van der Waals surface area contributed by atoms with Crippen molar-refractivity contribution in [2.24, 2.45) is 0 Å². The van der Waals surface area contributed by atoms with E-state index >= 15 is 0 Å². The fraction of sp³-hybridized carbons (Fsp3) is 0.139. The molecule has 0 radical (unpaired) electrons. The van der Waals surface area contributed by atoms with Crippen molar-refractivity contribution in [1.29, 1.82) is 0 Å². The number of ether oxygens (including phenoxy) is 2. The largest absolute Gasteiger partial charge is 0.456 e. The van der Waals surface area contributed by atoms with Crippen LogP contribution in [0.2, 0.25) is 0 Å². The highest BCUT2D eigenvalue weighted by Crippen LogP contribution is 2.57. The third kappa shape index (κ3) is 4.30. The first-order chi connectivity index (χ1) is 20.4. The van der Waals surface area contributed by atoms with E-state index in [-0.39, 0.29) is 5.97 Å². The maximum Gasteiger partial charge on any atom is 0.340 e. The molecule has 2 heterocycles. The number of fused-ring (bicyclic) bond motifs is 6. The summed E-state index contributed by atoms with van der Waals surface area (Å²) in [4.78, 5) is 15.8. The summed E-state index contributed by atoms with van der Waals surface area (Å²) in [5.41, 5.74) is 7.27. The Morgan fingerprint density at radius 2 is 1.33 bits per heavy atom. The SMILES string of the molecule is Cc1cc2c(cc1N(Cc1ccccc1)Cc1ccccc1)C1(OC(=O)c3ccccc31)c1ccc(N(C)S)cc1O2. The second kappa shape index (κ2) is 10.3. The van der Waals surface area contributed by atoms with Crippen LogP contribution in [0.1, 0.15) is 43.7 Å². The van der Waals surface area contributed by atoms with Crippen LogP contribution in [0.25, 0.3) is 0 Å². The number of anilines is 2. The molecule has 5 aromatic rings. The Morgan fingerprint density at radius 3 is 2.00 bits per heavy atom. The van der Waals surface area contributed by atoms with Crippen molar-refractivity contribution in [2.75, 3.05) is 16.3 Å². The monoisotopic (exact) mass is 570 g/mol. The van der Waals surface area contributed by atoms with Crippen molar-refractivity contribution in [3.63, 3.8) is 0 Å². The van der Waals surface area contributed by atoms with E-state index in [0.717, 1.165) is 33.6 Å². The van der Waals surface area contributed by atoms with Crippen molar-refractivity contribution >= 4 is 30.2 Å². The number of esters is 1. The van der Waals surface area contributed by atoms with Gasteiger partial charge >= 0.3 is 5.97 Å². The predicted octanol–water partition coefficient (Wildman–Crippen LogP) is 8.05. The van der Waals surface area contributed by atoms with E-state index in [0.29, 0.717) is 30.2 Å². The fourth-order valence-electron chi connectivity index (χ4n) is 6.17. The van der Waals surface area contributed by atoms with Crippen molar-refractivity contribution in [1.82, 2.24) is 0 Å². The van der Waals surface area contributed by atoms with Gasteiger partial charge in [0.15, 0.2) is 5.60 Å². The lowest BCUT2D eigenvalue weighted by Gasteiger charge is -2.38. The Kier molecular flexibility index (Phi) is 6.43. The Labute approximate surface area is 251 Å². The molecule has 2 aliphatic heterocycles. The van der Waals surface area contributed by atoms with Crippen LogP contribution in [0.3, 0.4) is 0 Å². The third-order valence-corrected chi connectivity index (χ3v) is 8.39. The average Bonchev–Trinajstić information content (AvgIpc) is 3.30. The number of rotatable bonds is 6. The Hall–Kier alpha value is -4.68. The Morgan fingerprint density at radius 1 is 0.714 bits per heavy atom. The van der Waals surface area contributed by atoms with Gasteiger partial charge in [-0.2, -0.15) is 0 Å². The quantitative estimate of drug-likeness (QED) is 0.165. The highest BCUT2D eigenvalue weighted by Gasteiger charge is 2.53. The van der Waals surface area contributed by atoms with E-state index < -0.39 is 5.60 Å². The standard InChI is InChI=1S/C36H30N2O3S/c1-24-19-33-31(21-32(24)38(22-25-11-5-3-6-12-25)23-26-13-7-4-8-14-26)36(29-16-10-9-15-28(29)35(39)41-36)30-18-17-27(37(2)42)20-34(30)40-33/h3-21,42H,22-23H2,1-2H3. The molecule has 0 aromatic heterocycles. The van der Waals surface area contributed by atoms with Gasteiger partial charge in [0.25, 0.3) is 0 Å². The summed E-state index contributed by atoms with van der Waals surface area (Å²) in [7, 11) is 1.87. The second-order valence-electron chi connectivity index (χ2n) is 10.9. The molecule has 5 nitrogen and oxygen atoms in total. The lowest BCUT2D eigenvalue weighted by atomic mass is 9.77. The molecule has 0 fully saturated rings.